The Morgan fingerprint density at radius 2 is 2.00 bits per heavy atom. The molecule has 0 atom stereocenters. The van der Waals surface area contributed by atoms with Gasteiger partial charge in [-0.25, -0.2) is 4.79 Å². The Kier molecular flexibility index (Phi) is 4.03. The largest absolute Gasteiger partial charge is 0.423 e. The smallest absolute Gasteiger partial charge is 0.344 e. The van der Waals surface area contributed by atoms with E-state index in [0.717, 1.165) is 0 Å². The Bertz CT molecular complexity index is 315. The van der Waals surface area contributed by atoms with Crippen molar-refractivity contribution in [2.75, 3.05) is 0 Å². The van der Waals surface area contributed by atoms with Gasteiger partial charge in [-0.3, -0.25) is 0 Å². The molecular weight excluding hydrogens is 279 g/mol. The van der Waals surface area contributed by atoms with Gasteiger partial charge in [0.1, 0.15) is 5.75 Å². The predicted octanol–water partition coefficient (Wildman–Crippen LogP) is 3.16. The number of hydrogen-bond acceptors (Lipinski definition) is 2. The first-order valence-electron chi connectivity index (χ1n) is 3.35. The van der Waals surface area contributed by atoms with Crippen LogP contribution in [0.25, 0.3) is 0 Å². The number of halogens is 3. The molecule has 70 valence electrons. The van der Waals surface area contributed by atoms with E-state index in [1.54, 1.807) is 24.3 Å². The van der Waals surface area contributed by atoms with Gasteiger partial charge < -0.3 is 4.74 Å². The Morgan fingerprint density at radius 3 is 2.54 bits per heavy atom. The van der Waals surface area contributed by atoms with Crippen LogP contribution in [0.2, 0.25) is 0 Å². The number of ether oxygens (including phenoxy) is 1. The molecule has 2 nitrogen and oxygen atoms in total. The fraction of sp³-hybridized carbons (Fsp3) is 0.125. The van der Waals surface area contributed by atoms with Gasteiger partial charge in [-0.05, 0) is 28.1 Å². The highest BCUT2D eigenvalue weighted by molar-refractivity contribution is 9.10. The standard InChI is InChI=1S/C8H5BrCl2O2/c9-5-3-1-2-4-6(5)13-8(12)7(10)11/h1-4,7H. The van der Waals surface area contributed by atoms with Crippen molar-refractivity contribution in [3.8, 4) is 5.75 Å². The summed E-state index contributed by atoms with van der Waals surface area (Å²) in [6.07, 6.45) is 0. The molecule has 0 saturated carbocycles. The van der Waals surface area contributed by atoms with E-state index in [4.69, 9.17) is 27.9 Å². The van der Waals surface area contributed by atoms with Crippen LogP contribution in [0.5, 0.6) is 5.75 Å². The van der Waals surface area contributed by atoms with Crippen LogP contribution in [0.4, 0.5) is 0 Å². The summed E-state index contributed by atoms with van der Waals surface area (Å²) in [6.45, 7) is 0. The third-order valence-electron chi connectivity index (χ3n) is 1.23. The van der Waals surface area contributed by atoms with Crippen LogP contribution in [0.3, 0.4) is 0 Å². The van der Waals surface area contributed by atoms with E-state index in [2.05, 4.69) is 15.9 Å². The van der Waals surface area contributed by atoms with Crippen LogP contribution in [0, 0.1) is 0 Å². The van der Waals surface area contributed by atoms with Crippen LogP contribution in [0.15, 0.2) is 28.7 Å². The number of hydrogen-bond donors (Lipinski definition) is 0. The molecule has 0 heterocycles. The lowest BCUT2D eigenvalue weighted by Gasteiger charge is -2.05. The van der Waals surface area contributed by atoms with Crippen molar-refractivity contribution in [2.45, 2.75) is 4.84 Å². The van der Waals surface area contributed by atoms with Crippen LogP contribution in [-0.2, 0) is 4.79 Å². The van der Waals surface area contributed by atoms with Crippen molar-refractivity contribution in [3.63, 3.8) is 0 Å². The minimum absolute atomic E-state index is 0.402. The average Bonchev–Trinajstić information content (AvgIpc) is 2.08. The second-order valence-corrected chi connectivity index (χ2v) is 4.10. The molecule has 13 heavy (non-hydrogen) atoms. The summed E-state index contributed by atoms with van der Waals surface area (Å²) < 4.78 is 5.53. The molecule has 0 aliphatic carbocycles. The summed E-state index contributed by atoms with van der Waals surface area (Å²) >= 11 is 13.8. The molecule has 0 spiro atoms. The van der Waals surface area contributed by atoms with Crippen molar-refractivity contribution >= 4 is 45.1 Å². The van der Waals surface area contributed by atoms with E-state index in [1.807, 2.05) is 0 Å². The van der Waals surface area contributed by atoms with Gasteiger partial charge in [0.25, 0.3) is 0 Å². The Balaban J connectivity index is 2.75. The summed E-state index contributed by atoms with van der Waals surface area (Å²) in [4.78, 5) is 9.80. The fourth-order valence-corrected chi connectivity index (χ4v) is 1.14. The van der Waals surface area contributed by atoms with Crippen molar-refractivity contribution in [1.29, 1.82) is 0 Å². The van der Waals surface area contributed by atoms with Crippen LogP contribution < -0.4 is 4.74 Å². The van der Waals surface area contributed by atoms with Gasteiger partial charge in [-0.2, -0.15) is 0 Å². The number of carbonyl (C=O) groups is 1. The van der Waals surface area contributed by atoms with E-state index in [1.165, 1.54) is 0 Å². The number of alkyl halides is 2. The van der Waals surface area contributed by atoms with Crippen LogP contribution >= 0.6 is 39.1 Å². The zero-order valence-corrected chi connectivity index (χ0v) is 9.43. The zero-order chi connectivity index (χ0) is 9.84. The molecule has 0 aromatic heterocycles. The summed E-state index contributed by atoms with van der Waals surface area (Å²) in [7, 11) is 0. The molecule has 1 aromatic rings. The molecule has 0 aliphatic heterocycles. The summed E-state index contributed by atoms with van der Waals surface area (Å²) in [5.41, 5.74) is 0. The van der Waals surface area contributed by atoms with Crippen molar-refractivity contribution in [1.82, 2.24) is 0 Å². The van der Waals surface area contributed by atoms with Crippen molar-refractivity contribution < 1.29 is 9.53 Å². The predicted molar refractivity (Wildman–Crippen MR) is 55.3 cm³/mol. The maximum atomic E-state index is 11.0. The Labute approximate surface area is 93.9 Å². The normalized spacial score (nSPS) is 10.2. The molecular formula is C8H5BrCl2O2. The minimum Gasteiger partial charge on any atom is -0.423 e. The maximum Gasteiger partial charge on any atom is 0.344 e. The summed E-state index contributed by atoms with van der Waals surface area (Å²) in [5, 5.41) is 0. The molecule has 0 saturated heterocycles. The molecule has 0 fully saturated rings. The monoisotopic (exact) mass is 282 g/mol. The molecule has 0 bridgehead atoms. The quantitative estimate of drug-likeness (QED) is 0.473. The molecule has 1 aromatic carbocycles. The SMILES string of the molecule is O=C(Oc1ccccc1Br)C(Cl)Cl. The number of rotatable bonds is 2. The van der Waals surface area contributed by atoms with Gasteiger partial charge in [0.15, 0.2) is 0 Å². The third kappa shape index (κ3) is 3.18. The third-order valence-corrected chi connectivity index (χ3v) is 2.24. The molecule has 0 N–H and O–H groups in total. The summed E-state index contributed by atoms with van der Waals surface area (Å²) in [6, 6.07) is 6.93. The first-order valence-corrected chi connectivity index (χ1v) is 5.02. The lowest BCUT2D eigenvalue weighted by Crippen LogP contribution is -2.15. The first-order chi connectivity index (χ1) is 6.11. The highest BCUT2D eigenvalue weighted by atomic mass is 79.9. The fourth-order valence-electron chi connectivity index (χ4n) is 0.680. The van der Waals surface area contributed by atoms with Crippen molar-refractivity contribution in [2.24, 2.45) is 0 Å². The highest BCUT2D eigenvalue weighted by Crippen LogP contribution is 2.24. The van der Waals surface area contributed by atoms with Crippen LogP contribution in [0.1, 0.15) is 0 Å². The molecule has 0 aliphatic rings. The first kappa shape index (κ1) is 10.8. The van der Waals surface area contributed by atoms with Gasteiger partial charge in [0.2, 0.25) is 4.84 Å². The summed E-state index contributed by atoms with van der Waals surface area (Å²) in [5.74, 6) is -0.283. The van der Waals surface area contributed by atoms with Gasteiger partial charge in [-0.1, -0.05) is 35.3 Å². The Hall–Kier alpha value is -0.250. The minimum atomic E-state index is -1.16. The second-order valence-electron chi connectivity index (χ2n) is 2.15. The van der Waals surface area contributed by atoms with E-state index in [9.17, 15) is 4.79 Å². The number of benzene rings is 1. The average molecular weight is 284 g/mol. The maximum absolute atomic E-state index is 11.0. The molecule has 0 amide bonds. The van der Waals surface area contributed by atoms with E-state index in [0.29, 0.717) is 10.2 Å². The number of para-hydroxylation sites is 1. The highest BCUT2D eigenvalue weighted by Gasteiger charge is 2.14. The lowest BCUT2D eigenvalue weighted by molar-refractivity contribution is -0.132. The molecule has 0 unspecified atom stereocenters. The van der Waals surface area contributed by atoms with Gasteiger partial charge in [-0.15, -0.1) is 0 Å². The Morgan fingerprint density at radius 1 is 1.38 bits per heavy atom. The van der Waals surface area contributed by atoms with Gasteiger partial charge >= 0.3 is 5.97 Å². The zero-order valence-electron chi connectivity index (χ0n) is 6.34. The van der Waals surface area contributed by atoms with Gasteiger partial charge in [0.05, 0.1) is 4.47 Å². The van der Waals surface area contributed by atoms with E-state index >= 15 is 0 Å². The van der Waals surface area contributed by atoms with Crippen molar-refractivity contribution in [3.05, 3.63) is 28.7 Å². The van der Waals surface area contributed by atoms with E-state index < -0.39 is 10.8 Å². The van der Waals surface area contributed by atoms with Gasteiger partial charge in [0, 0.05) is 0 Å². The number of carbonyl (C=O) groups excluding carboxylic acids is 1. The number of esters is 1. The lowest BCUT2D eigenvalue weighted by atomic mass is 10.3. The molecule has 1 rings (SSSR count). The molecule has 5 heteroatoms. The second kappa shape index (κ2) is 4.84. The van der Waals surface area contributed by atoms with E-state index in [-0.39, 0.29) is 0 Å². The molecule has 0 radical (unpaired) electrons. The van der Waals surface area contributed by atoms with Crippen LogP contribution in [-0.4, -0.2) is 10.8 Å². The topological polar surface area (TPSA) is 26.3 Å².